The van der Waals surface area contributed by atoms with Crippen molar-refractivity contribution in [3.8, 4) is 11.5 Å². The van der Waals surface area contributed by atoms with Crippen molar-refractivity contribution in [1.82, 2.24) is 4.90 Å². The Hall–Kier alpha value is -2.28. The Labute approximate surface area is 197 Å². The van der Waals surface area contributed by atoms with Crippen molar-refractivity contribution in [2.45, 2.75) is 72.0 Å². The standard InChI is InChI=1S/C26H39NO6/c1-16(2)11-24(33-18(4)29)25(30)27-13-21(26(5,15-27)17(3)28)20-9-10-22(31-6)23(12-20)32-14-19-7-8-19/h9-10,12,16-17,19,21,24,28H,7-8,11,13-15H2,1-6H3/t17-,21+,24+,26+/m1/s1. The lowest BCUT2D eigenvalue weighted by atomic mass is 9.72. The number of hydrogen-bond acceptors (Lipinski definition) is 6. The van der Waals surface area contributed by atoms with Gasteiger partial charge in [-0.25, -0.2) is 0 Å². The van der Waals surface area contributed by atoms with E-state index in [1.54, 1.807) is 18.9 Å². The molecule has 1 aromatic carbocycles. The second-order valence-electron chi connectivity index (χ2n) is 10.3. The number of methoxy groups -OCH3 is 1. The maximum atomic E-state index is 13.4. The minimum atomic E-state index is -0.812. The van der Waals surface area contributed by atoms with Crippen LogP contribution in [0, 0.1) is 17.3 Å². The van der Waals surface area contributed by atoms with Crippen LogP contribution in [0.1, 0.15) is 65.4 Å². The van der Waals surface area contributed by atoms with Crippen molar-refractivity contribution in [3.63, 3.8) is 0 Å². The highest BCUT2D eigenvalue weighted by Crippen LogP contribution is 2.47. The number of carbonyl (C=O) groups excluding carboxylic acids is 2. The summed E-state index contributed by atoms with van der Waals surface area (Å²) in [5.74, 6) is 1.41. The second kappa shape index (κ2) is 10.3. The topological polar surface area (TPSA) is 85.3 Å². The molecule has 4 atom stereocenters. The lowest BCUT2D eigenvalue weighted by Crippen LogP contribution is -2.43. The summed E-state index contributed by atoms with van der Waals surface area (Å²) in [5.41, 5.74) is 0.435. The van der Waals surface area contributed by atoms with E-state index >= 15 is 0 Å². The first kappa shape index (κ1) is 25.3. The van der Waals surface area contributed by atoms with Gasteiger partial charge in [0.15, 0.2) is 17.6 Å². The average Bonchev–Trinajstić information content (AvgIpc) is 3.50. The zero-order valence-electron chi connectivity index (χ0n) is 20.8. The van der Waals surface area contributed by atoms with E-state index in [0.29, 0.717) is 43.5 Å². The van der Waals surface area contributed by atoms with Gasteiger partial charge in [-0.15, -0.1) is 0 Å². The smallest absolute Gasteiger partial charge is 0.303 e. The predicted molar refractivity (Wildman–Crippen MR) is 125 cm³/mol. The number of hydrogen-bond donors (Lipinski definition) is 1. The Morgan fingerprint density at radius 2 is 1.91 bits per heavy atom. The van der Waals surface area contributed by atoms with Crippen LogP contribution in [0.2, 0.25) is 0 Å². The summed E-state index contributed by atoms with van der Waals surface area (Å²) in [6, 6.07) is 5.86. The minimum Gasteiger partial charge on any atom is -0.493 e. The molecule has 1 saturated carbocycles. The minimum absolute atomic E-state index is 0.104. The Bertz CT molecular complexity index is 849. The number of amides is 1. The van der Waals surface area contributed by atoms with E-state index in [1.165, 1.54) is 19.8 Å². The van der Waals surface area contributed by atoms with Crippen LogP contribution in [0.3, 0.4) is 0 Å². The molecule has 184 valence electrons. The monoisotopic (exact) mass is 461 g/mol. The van der Waals surface area contributed by atoms with Crippen molar-refractivity contribution >= 4 is 11.9 Å². The molecular formula is C26H39NO6. The van der Waals surface area contributed by atoms with E-state index in [1.807, 2.05) is 39.0 Å². The van der Waals surface area contributed by atoms with E-state index < -0.39 is 23.6 Å². The Balaban J connectivity index is 1.87. The highest BCUT2D eigenvalue weighted by Gasteiger charge is 2.49. The van der Waals surface area contributed by atoms with Gasteiger partial charge in [0.1, 0.15) is 0 Å². The van der Waals surface area contributed by atoms with Crippen LogP contribution in [0.5, 0.6) is 11.5 Å². The van der Waals surface area contributed by atoms with Gasteiger partial charge in [-0.05, 0) is 55.7 Å². The van der Waals surface area contributed by atoms with Crippen LogP contribution in [0.25, 0.3) is 0 Å². The van der Waals surface area contributed by atoms with Crippen molar-refractivity contribution < 1.29 is 28.9 Å². The number of nitrogens with zero attached hydrogens (tertiary/aromatic N) is 1. The first-order valence-electron chi connectivity index (χ1n) is 12.0. The SMILES string of the molecule is COc1ccc([C@@H]2CN(C(=O)[C@H](CC(C)C)OC(C)=O)C[C@@]2(C)[C@@H](C)O)cc1OCC1CC1. The molecule has 0 aromatic heterocycles. The number of aliphatic hydroxyl groups excluding tert-OH is 1. The Kier molecular flexibility index (Phi) is 7.93. The van der Waals surface area contributed by atoms with Crippen molar-refractivity contribution in [3.05, 3.63) is 23.8 Å². The number of ether oxygens (including phenoxy) is 3. The number of carbonyl (C=O) groups is 2. The summed E-state index contributed by atoms with van der Waals surface area (Å²) in [6.07, 6.45) is 1.40. The lowest BCUT2D eigenvalue weighted by Gasteiger charge is -2.34. The molecule has 2 fully saturated rings. The fourth-order valence-corrected chi connectivity index (χ4v) is 4.64. The molecule has 1 aliphatic carbocycles. The summed E-state index contributed by atoms with van der Waals surface area (Å²) >= 11 is 0. The summed E-state index contributed by atoms with van der Waals surface area (Å²) in [7, 11) is 1.62. The van der Waals surface area contributed by atoms with Crippen LogP contribution >= 0.6 is 0 Å². The van der Waals surface area contributed by atoms with Gasteiger partial charge in [0.25, 0.3) is 5.91 Å². The van der Waals surface area contributed by atoms with Crippen LogP contribution in [-0.2, 0) is 14.3 Å². The largest absolute Gasteiger partial charge is 0.493 e. The molecule has 0 unspecified atom stereocenters. The highest BCUT2D eigenvalue weighted by atomic mass is 16.5. The van der Waals surface area contributed by atoms with Gasteiger partial charge in [-0.1, -0.05) is 26.8 Å². The number of benzene rings is 1. The summed E-state index contributed by atoms with van der Waals surface area (Å²) < 4.78 is 16.9. The second-order valence-corrected chi connectivity index (χ2v) is 10.3. The van der Waals surface area contributed by atoms with E-state index in [-0.39, 0.29) is 17.7 Å². The molecule has 3 rings (SSSR count). The molecule has 2 aliphatic rings. The number of esters is 1. The first-order chi connectivity index (χ1) is 15.5. The summed E-state index contributed by atoms with van der Waals surface area (Å²) in [5, 5.41) is 10.7. The molecule has 1 aliphatic heterocycles. The fourth-order valence-electron chi connectivity index (χ4n) is 4.64. The molecule has 33 heavy (non-hydrogen) atoms. The van der Waals surface area contributed by atoms with Gasteiger partial charge in [0.2, 0.25) is 0 Å². The van der Waals surface area contributed by atoms with E-state index in [4.69, 9.17) is 14.2 Å². The molecule has 1 aromatic rings. The molecule has 7 nitrogen and oxygen atoms in total. The predicted octanol–water partition coefficient (Wildman–Crippen LogP) is 3.77. The van der Waals surface area contributed by atoms with Crippen molar-refractivity contribution in [1.29, 1.82) is 0 Å². The number of likely N-dealkylation sites (tertiary alicyclic amines) is 1. The van der Waals surface area contributed by atoms with Gasteiger partial charge in [-0.3, -0.25) is 9.59 Å². The summed E-state index contributed by atoms with van der Waals surface area (Å²) in [6.45, 7) is 10.6. The maximum Gasteiger partial charge on any atom is 0.303 e. The molecule has 0 bridgehead atoms. The summed E-state index contributed by atoms with van der Waals surface area (Å²) in [4.78, 5) is 26.7. The zero-order chi connectivity index (χ0) is 24.3. The molecule has 0 radical (unpaired) electrons. The van der Waals surface area contributed by atoms with Gasteiger partial charge in [0.05, 0.1) is 19.8 Å². The third-order valence-electron chi connectivity index (χ3n) is 7.03. The molecule has 1 heterocycles. The van der Waals surface area contributed by atoms with Crippen LogP contribution in [0.4, 0.5) is 0 Å². The number of rotatable bonds is 10. The molecule has 1 amide bonds. The molecule has 1 N–H and O–H groups in total. The third-order valence-corrected chi connectivity index (χ3v) is 7.03. The normalized spacial score (nSPS) is 24.5. The van der Waals surface area contributed by atoms with Gasteiger partial charge < -0.3 is 24.2 Å². The van der Waals surface area contributed by atoms with E-state index in [9.17, 15) is 14.7 Å². The molecule has 1 saturated heterocycles. The molecular weight excluding hydrogens is 422 g/mol. The maximum absolute atomic E-state index is 13.4. The van der Waals surface area contributed by atoms with E-state index in [0.717, 1.165) is 5.56 Å². The zero-order valence-corrected chi connectivity index (χ0v) is 20.8. The van der Waals surface area contributed by atoms with E-state index in [2.05, 4.69) is 0 Å². The van der Waals surface area contributed by atoms with Gasteiger partial charge in [0, 0.05) is 31.3 Å². The first-order valence-corrected chi connectivity index (χ1v) is 12.0. The molecule has 0 spiro atoms. The lowest BCUT2D eigenvalue weighted by molar-refractivity contribution is -0.159. The average molecular weight is 462 g/mol. The van der Waals surface area contributed by atoms with Gasteiger partial charge in [-0.2, -0.15) is 0 Å². The van der Waals surface area contributed by atoms with Crippen molar-refractivity contribution in [2.75, 3.05) is 26.8 Å². The van der Waals surface area contributed by atoms with Crippen LogP contribution in [0.15, 0.2) is 18.2 Å². The molecule has 7 heteroatoms. The third kappa shape index (κ3) is 5.99. The quantitative estimate of drug-likeness (QED) is 0.534. The van der Waals surface area contributed by atoms with Crippen molar-refractivity contribution in [2.24, 2.45) is 17.3 Å². The number of aliphatic hydroxyl groups is 1. The Morgan fingerprint density at radius 1 is 1.21 bits per heavy atom. The fraction of sp³-hybridized carbons (Fsp3) is 0.692. The Morgan fingerprint density at radius 3 is 2.45 bits per heavy atom. The van der Waals surface area contributed by atoms with Gasteiger partial charge >= 0.3 is 5.97 Å². The van der Waals surface area contributed by atoms with Crippen LogP contribution < -0.4 is 9.47 Å². The highest BCUT2D eigenvalue weighted by molar-refractivity contribution is 5.84. The van der Waals surface area contributed by atoms with Crippen LogP contribution in [-0.4, -0.2) is 60.9 Å².